The van der Waals surface area contributed by atoms with Gasteiger partial charge in [0.25, 0.3) is 5.91 Å². The molecule has 0 unspecified atom stereocenters. The van der Waals surface area contributed by atoms with Gasteiger partial charge in [-0.2, -0.15) is 0 Å². The van der Waals surface area contributed by atoms with Crippen molar-refractivity contribution in [3.05, 3.63) is 42.5 Å². The summed E-state index contributed by atoms with van der Waals surface area (Å²) in [5.41, 5.74) is 0.198. The number of nitrogens with one attached hydrogen (secondary N) is 2. The van der Waals surface area contributed by atoms with Crippen molar-refractivity contribution < 1.29 is 9.53 Å². The van der Waals surface area contributed by atoms with E-state index in [1.807, 2.05) is 36.4 Å². The summed E-state index contributed by atoms with van der Waals surface area (Å²) in [7, 11) is 0. The average Bonchev–Trinajstić information content (AvgIpc) is 2.59. The van der Waals surface area contributed by atoms with Crippen LogP contribution in [0.5, 0.6) is 5.75 Å². The first-order valence-corrected chi connectivity index (χ1v) is 8.24. The number of carbonyl (C=O) groups is 1. The largest absolute Gasteiger partial charge is 0.484 e. The van der Waals surface area contributed by atoms with Gasteiger partial charge in [-0.05, 0) is 54.3 Å². The minimum atomic E-state index is -0.0575. The molecule has 1 aliphatic heterocycles. The van der Waals surface area contributed by atoms with E-state index >= 15 is 0 Å². The third-order valence-corrected chi connectivity index (χ3v) is 4.61. The lowest BCUT2D eigenvalue weighted by atomic mass is 9.81. The summed E-state index contributed by atoms with van der Waals surface area (Å²) in [6, 6.07) is 14.0. The summed E-state index contributed by atoms with van der Waals surface area (Å²) >= 11 is 0. The van der Waals surface area contributed by atoms with Crippen LogP contribution in [0.4, 0.5) is 0 Å². The van der Waals surface area contributed by atoms with E-state index in [1.165, 1.54) is 5.39 Å². The van der Waals surface area contributed by atoms with Gasteiger partial charge in [-0.25, -0.2) is 0 Å². The second-order valence-corrected chi connectivity index (χ2v) is 6.64. The third kappa shape index (κ3) is 4.86. The molecule has 0 bridgehead atoms. The van der Waals surface area contributed by atoms with Crippen LogP contribution in [-0.2, 0) is 4.79 Å². The van der Waals surface area contributed by atoms with E-state index < -0.39 is 0 Å². The molecule has 24 heavy (non-hydrogen) atoms. The zero-order valence-electron chi connectivity index (χ0n) is 14.0. The molecule has 1 heterocycles. The van der Waals surface area contributed by atoms with Crippen LogP contribution >= 0.6 is 12.4 Å². The van der Waals surface area contributed by atoms with Crippen LogP contribution in [-0.4, -0.2) is 32.1 Å². The van der Waals surface area contributed by atoms with E-state index in [4.69, 9.17) is 4.74 Å². The lowest BCUT2D eigenvalue weighted by molar-refractivity contribution is -0.123. The number of benzene rings is 2. The molecule has 4 nitrogen and oxygen atoms in total. The summed E-state index contributed by atoms with van der Waals surface area (Å²) in [6.45, 7) is 5.07. The van der Waals surface area contributed by atoms with Gasteiger partial charge in [-0.3, -0.25) is 4.79 Å². The fourth-order valence-electron chi connectivity index (χ4n) is 2.98. The zero-order valence-corrected chi connectivity index (χ0v) is 14.8. The smallest absolute Gasteiger partial charge is 0.257 e. The maximum atomic E-state index is 12.0. The predicted octanol–water partition coefficient (Wildman–Crippen LogP) is 3.15. The highest BCUT2D eigenvalue weighted by molar-refractivity contribution is 5.85. The molecule has 1 saturated heterocycles. The SMILES string of the molecule is CC1(CNC(=O)COc2ccc3ccccc3c2)CCNCC1.Cl. The summed E-state index contributed by atoms with van der Waals surface area (Å²) < 4.78 is 5.62. The first kappa shape index (κ1) is 18.6. The van der Waals surface area contributed by atoms with Crippen molar-refractivity contribution in [2.24, 2.45) is 5.41 Å². The highest BCUT2D eigenvalue weighted by Gasteiger charge is 2.26. The average molecular weight is 349 g/mol. The van der Waals surface area contributed by atoms with Crippen LogP contribution in [0.15, 0.2) is 42.5 Å². The molecule has 5 heteroatoms. The van der Waals surface area contributed by atoms with Crippen molar-refractivity contribution >= 4 is 29.1 Å². The van der Waals surface area contributed by atoms with Gasteiger partial charge in [0.2, 0.25) is 0 Å². The Labute approximate surface area is 149 Å². The van der Waals surface area contributed by atoms with Crippen LogP contribution < -0.4 is 15.4 Å². The second-order valence-electron chi connectivity index (χ2n) is 6.64. The highest BCUT2D eigenvalue weighted by atomic mass is 35.5. The highest BCUT2D eigenvalue weighted by Crippen LogP contribution is 2.26. The second kappa shape index (κ2) is 8.36. The fraction of sp³-hybridized carbons (Fsp3) is 0.421. The van der Waals surface area contributed by atoms with Crippen LogP contribution in [0.3, 0.4) is 0 Å². The number of fused-ring (bicyclic) bond motifs is 1. The van der Waals surface area contributed by atoms with Gasteiger partial charge in [0.15, 0.2) is 6.61 Å². The molecule has 1 aliphatic rings. The molecule has 0 atom stereocenters. The standard InChI is InChI=1S/C19H24N2O2.ClH/c1-19(8-10-20-11-9-19)14-21-18(22)13-23-17-7-6-15-4-2-3-5-16(15)12-17;/h2-7,12,20H,8-11,13-14H2,1H3,(H,21,22);1H. The van der Waals surface area contributed by atoms with Crippen LogP contribution in [0.1, 0.15) is 19.8 Å². The maximum Gasteiger partial charge on any atom is 0.257 e. The van der Waals surface area contributed by atoms with Crippen molar-refractivity contribution in [3.8, 4) is 5.75 Å². The third-order valence-electron chi connectivity index (χ3n) is 4.61. The normalized spacial score (nSPS) is 16.2. The number of rotatable bonds is 5. The van der Waals surface area contributed by atoms with Gasteiger partial charge < -0.3 is 15.4 Å². The molecule has 0 spiro atoms. The van der Waals surface area contributed by atoms with Crippen molar-refractivity contribution in [1.29, 1.82) is 0 Å². The van der Waals surface area contributed by atoms with Gasteiger partial charge >= 0.3 is 0 Å². The van der Waals surface area contributed by atoms with Crippen LogP contribution in [0.25, 0.3) is 10.8 Å². The van der Waals surface area contributed by atoms with Crippen molar-refractivity contribution in [2.45, 2.75) is 19.8 Å². The lowest BCUT2D eigenvalue weighted by Gasteiger charge is -2.34. The Morgan fingerprint density at radius 2 is 1.88 bits per heavy atom. The monoisotopic (exact) mass is 348 g/mol. The van der Waals surface area contributed by atoms with Crippen LogP contribution in [0.2, 0.25) is 0 Å². The summed E-state index contributed by atoms with van der Waals surface area (Å²) in [5, 5.41) is 8.65. The fourth-order valence-corrected chi connectivity index (χ4v) is 2.98. The van der Waals surface area contributed by atoms with E-state index in [-0.39, 0.29) is 30.3 Å². The minimum absolute atomic E-state index is 0. The minimum Gasteiger partial charge on any atom is -0.484 e. The number of ether oxygens (including phenoxy) is 1. The first-order chi connectivity index (χ1) is 11.1. The molecule has 1 amide bonds. The first-order valence-electron chi connectivity index (χ1n) is 8.24. The van der Waals surface area contributed by atoms with E-state index in [9.17, 15) is 4.79 Å². The molecule has 130 valence electrons. The molecule has 1 fully saturated rings. The zero-order chi connectivity index (χ0) is 16.1. The maximum absolute atomic E-state index is 12.0. The molecular weight excluding hydrogens is 324 g/mol. The summed E-state index contributed by atoms with van der Waals surface area (Å²) in [4.78, 5) is 12.0. The molecular formula is C19H25ClN2O2. The summed E-state index contributed by atoms with van der Waals surface area (Å²) in [6.07, 6.45) is 2.19. The molecule has 0 radical (unpaired) electrons. The van der Waals surface area contributed by atoms with Crippen molar-refractivity contribution in [3.63, 3.8) is 0 Å². The van der Waals surface area contributed by atoms with Gasteiger partial charge in [0.05, 0.1) is 0 Å². The molecule has 2 N–H and O–H groups in total. The lowest BCUT2D eigenvalue weighted by Crippen LogP contribution is -2.43. The summed E-state index contributed by atoms with van der Waals surface area (Å²) in [5.74, 6) is 0.671. The topological polar surface area (TPSA) is 50.4 Å². The van der Waals surface area contributed by atoms with Crippen LogP contribution in [0, 0.1) is 5.41 Å². The molecule has 0 aliphatic carbocycles. The van der Waals surface area contributed by atoms with Gasteiger partial charge in [0, 0.05) is 6.54 Å². The van der Waals surface area contributed by atoms with E-state index in [1.54, 1.807) is 0 Å². The Morgan fingerprint density at radius 3 is 2.62 bits per heavy atom. The molecule has 0 saturated carbocycles. The molecule has 3 rings (SSSR count). The number of piperidine rings is 1. The predicted molar refractivity (Wildman–Crippen MR) is 99.9 cm³/mol. The molecule has 2 aromatic carbocycles. The molecule has 0 aromatic heterocycles. The van der Waals surface area contributed by atoms with Gasteiger partial charge in [-0.15, -0.1) is 12.4 Å². The van der Waals surface area contributed by atoms with Gasteiger partial charge in [-0.1, -0.05) is 37.3 Å². The number of hydrogen-bond acceptors (Lipinski definition) is 3. The van der Waals surface area contributed by atoms with Crippen molar-refractivity contribution in [1.82, 2.24) is 10.6 Å². The Morgan fingerprint density at radius 1 is 1.17 bits per heavy atom. The Kier molecular flexibility index (Phi) is 6.46. The Balaban J connectivity index is 0.00000208. The number of carbonyl (C=O) groups excluding carboxylic acids is 1. The Bertz CT molecular complexity index is 684. The van der Waals surface area contributed by atoms with Gasteiger partial charge in [0.1, 0.15) is 5.75 Å². The Hall–Kier alpha value is -1.78. The number of halogens is 1. The number of hydrogen-bond donors (Lipinski definition) is 2. The van der Waals surface area contributed by atoms with E-state index in [2.05, 4.69) is 23.6 Å². The number of amides is 1. The van der Waals surface area contributed by atoms with E-state index in [0.29, 0.717) is 6.54 Å². The van der Waals surface area contributed by atoms with Crippen molar-refractivity contribution in [2.75, 3.05) is 26.2 Å². The van der Waals surface area contributed by atoms with E-state index in [0.717, 1.165) is 37.1 Å². The molecule has 2 aromatic rings. The quantitative estimate of drug-likeness (QED) is 0.872.